The SMILES string of the molecule is CCn1nnnc1SCc1csc(N(C(C)=O)c2ccccc2)n1. The van der Waals surface area contributed by atoms with E-state index in [0.29, 0.717) is 10.9 Å². The van der Waals surface area contributed by atoms with Gasteiger partial charge in [0.2, 0.25) is 11.1 Å². The molecule has 1 amide bonds. The van der Waals surface area contributed by atoms with E-state index in [-0.39, 0.29) is 5.91 Å². The number of aryl methyl sites for hydroxylation is 1. The fraction of sp³-hybridized carbons (Fsp3) is 0.267. The summed E-state index contributed by atoms with van der Waals surface area (Å²) in [6.45, 7) is 4.26. The molecule has 7 nitrogen and oxygen atoms in total. The minimum atomic E-state index is -0.0651. The molecule has 0 unspecified atom stereocenters. The lowest BCUT2D eigenvalue weighted by atomic mass is 10.3. The highest BCUT2D eigenvalue weighted by atomic mass is 32.2. The van der Waals surface area contributed by atoms with Crippen molar-refractivity contribution in [3.05, 3.63) is 41.4 Å². The van der Waals surface area contributed by atoms with Gasteiger partial charge in [0, 0.05) is 24.6 Å². The van der Waals surface area contributed by atoms with Gasteiger partial charge < -0.3 is 0 Å². The summed E-state index contributed by atoms with van der Waals surface area (Å²) in [7, 11) is 0. The normalized spacial score (nSPS) is 10.8. The molecule has 0 spiro atoms. The number of aromatic nitrogens is 5. The van der Waals surface area contributed by atoms with Crippen LogP contribution in [0.1, 0.15) is 19.5 Å². The Morgan fingerprint density at radius 1 is 1.33 bits per heavy atom. The topological polar surface area (TPSA) is 76.8 Å². The van der Waals surface area contributed by atoms with Crippen molar-refractivity contribution in [1.29, 1.82) is 0 Å². The number of benzene rings is 1. The van der Waals surface area contributed by atoms with Crippen molar-refractivity contribution in [2.24, 2.45) is 0 Å². The van der Waals surface area contributed by atoms with E-state index in [1.54, 1.807) is 9.58 Å². The van der Waals surface area contributed by atoms with Gasteiger partial charge in [-0.25, -0.2) is 9.67 Å². The predicted molar refractivity (Wildman–Crippen MR) is 94.4 cm³/mol. The molecule has 9 heteroatoms. The molecule has 124 valence electrons. The zero-order valence-corrected chi connectivity index (χ0v) is 14.9. The molecule has 0 saturated heterocycles. The molecule has 3 aromatic rings. The summed E-state index contributed by atoms with van der Waals surface area (Å²) in [5.41, 5.74) is 1.71. The third-order valence-electron chi connectivity index (χ3n) is 3.21. The first-order valence-electron chi connectivity index (χ1n) is 7.38. The van der Waals surface area contributed by atoms with Gasteiger partial charge in [0.1, 0.15) is 0 Å². The summed E-state index contributed by atoms with van der Waals surface area (Å²) in [6.07, 6.45) is 0. The minimum absolute atomic E-state index is 0.0651. The summed E-state index contributed by atoms with van der Waals surface area (Å²) in [6, 6.07) is 9.52. The van der Waals surface area contributed by atoms with E-state index in [1.807, 2.05) is 42.6 Å². The van der Waals surface area contributed by atoms with E-state index in [2.05, 4.69) is 20.5 Å². The van der Waals surface area contributed by atoms with E-state index >= 15 is 0 Å². The quantitative estimate of drug-likeness (QED) is 0.629. The smallest absolute Gasteiger partial charge is 0.230 e. The maximum atomic E-state index is 12.0. The Balaban J connectivity index is 1.75. The number of nitrogens with zero attached hydrogens (tertiary/aromatic N) is 6. The molecule has 2 aromatic heterocycles. The number of carbonyl (C=O) groups is 1. The summed E-state index contributed by atoms with van der Waals surface area (Å²) in [5, 5.41) is 15.0. The number of anilines is 2. The molecule has 0 aliphatic carbocycles. The van der Waals surface area contributed by atoms with Crippen molar-refractivity contribution < 1.29 is 4.79 Å². The molecule has 0 aliphatic rings. The Labute approximate surface area is 147 Å². The molecule has 0 bridgehead atoms. The number of hydrogen-bond donors (Lipinski definition) is 0. The van der Waals surface area contributed by atoms with Crippen LogP contribution < -0.4 is 4.90 Å². The van der Waals surface area contributed by atoms with E-state index in [1.165, 1.54) is 30.0 Å². The Bertz CT molecular complexity index is 816. The van der Waals surface area contributed by atoms with Gasteiger partial charge in [-0.3, -0.25) is 9.69 Å². The van der Waals surface area contributed by atoms with E-state index < -0.39 is 0 Å². The first kappa shape index (κ1) is 16.6. The Morgan fingerprint density at radius 2 is 2.12 bits per heavy atom. The van der Waals surface area contributed by atoms with Gasteiger partial charge in [0.25, 0.3) is 0 Å². The van der Waals surface area contributed by atoms with Crippen LogP contribution in [0.5, 0.6) is 0 Å². The van der Waals surface area contributed by atoms with Crippen LogP contribution in [0.3, 0.4) is 0 Å². The second-order valence-electron chi connectivity index (χ2n) is 4.88. The fourth-order valence-electron chi connectivity index (χ4n) is 2.11. The van der Waals surface area contributed by atoms with Gasteiger partial charge in [-0.1, -0.05) is 30.0 Å². The van der Waals surface area contributed by atoms with Crippen LogP contribution in [0.4, 0.5) is 10.8 Å². The zero-order chi connectivity index (χ0) is 16.9. The number of thioether (sulfide) groups is 1. The van der Waals surface area contributed by atoms with Crippen LogP contribution in [-0.2, 0) is 17.1 Å². The third-order valence-corrected chi connectivity index (χ3v) is 5.07. The number of carbonyl (C=O) groups excluding carboxylic acids is 1. The summed E-state index contributed by atoms with van der Waals surface area (Å²) >= 11 is 2.98. The first-order chi connectivity index (χ1) is 11.7. The molecule has 1 aromatic carbocycles. The lowest BCUT2D eigenvalue weighted by molar-refractivity contribution is -0.115. The Hall–Kier alpha value is -2.26. The van der Waals surface area contributed by atoms with Crippen molar-refractivity contribution in [2.75, 3.05) is 4.90 Å². The van der Waals surface area contributed by atoms with Crippen LogP contribution >= 0.6 is 23.1 Å². The lowest BCUT2D eigenvalue weighted by Crippen LogP contribution is -2.22. The van der Waals surface area contributed by atoms with Crippen molar-refractivity contribution >= 4 is 39.8 Å². The third kappa shape index (κ3) is 3.62. The molecule has 0 radical (unpaired) electrons. The summed E-state index contributed by atoms with van der Waals surface area (Å²) < 4.78 is 1.74. The predicted octanol–water partition coefficient (Wildman–Crippen LogP) is 3.13. The second-order valence-corrected chi connectivity index (χ2v) is 6.66. The van der Waals surface area contributed by atoms with Crippen LogP contribution in [0.25, 0.3) is 0 Å². The molecule has 0 fully saturated rings. The van der Waals surface area contributed by atoms with Crippen molar-refractivity contribution in [3.8, 4) is 0 Å². The van der Waals surface area contributed by atoms with Crippen molar-refractivity contribution in [1.82, 2.24) is 25.2 Å². The average molecular weight is 360 g/mol. The van der Waals surface area contributed by atoms with E-state index in [4.69, 9.17) is 0 Å². The van der Waals surface area contributed by atoms with Gasteiger partial charge in [0.15, 0.2) is 5.13 Å². The monoisotopic (exact) mass is 360 g/mol. The molecule has 3 rings (SSSR count). The van der Waals surface area contributed by atoms with Gasteiger partial charge >= 0.3 is 0 Å². The largest absolute Gasteiger partial charge is 0.274 e. The second kappa shape index (κ2) is 7.54. The number of thiazole rings is 1. The number of tetrazole rings is 1. The number of rotatable bonds is 6. The molecule has 0 atom stereocenters. The van der Waals surface area contributed by atoms with Crippen molar-refractivity contribution in [3.63, 3.8) is 0 Å². The Kier molecular flexibility index (Phi) is 5.21. The minimum Gasteiger partial charge on any atom is -0.274 e. The maximum absolute atomic E-state index is 12.0. The van der Waals surface area contributed by atoms with Gasteiger partial charge in [0.05, 0.1) is 11.4 Å². The van der Waals surface area contributed by atoms with Crippen LogP contribution in [0.15, 0.2) is 40.9 Å². The Morgan fingerprint density at radius 3 is 2.83 bits per heavy atom. The standard InChI is InChI=1S/C15H16N6OS2/c1-3-20-15(17-18-19-20)24-10-12-9-23-14(16-12)21(11(2)22)13-7-5-4-6-8-13/h4-9H,3,10H2,1-2H3. The van der Waals surface area contributed by atoms with E-state index in [0.717, 1.165) is 23.1 Å². The van der Waals surface area contributed by atoms with Crippen LogP contribution in [-0.4, -0.2) is 31.1 Å². The molecular formula is C15H16N6OS2. The highest BCUT2D eigenvalue weighted by Crippen LogP contribution is 2.30. The van der Waals surface area contributed by atoms with Crippen molar-refractivity contribution in [2.45, 2.75) is 31.3 Å². The summed E-state index contributed by atoms with van der Waals surface area (Å²) in [4.78, 5) is 18.2. The molecule has 0 N–H and O–H groups in total. The molecule has 0 saturated carbocycles. The summed E-state index contributed by atoms with van der Waals surface area (Å²) in [5.74, 6) is 0.585. The average Bonchev–Trinajstić information content (AvgIpc) is 3.22. The lowest BCUT2D eigenvalue weighted by Gasteiger charge is -2.17. The molecule has 2 heterocycles. The van der Waals surface area contributed by atoms with Gasteiger partial charge in [-0.15, -0.1) is 16.4 Å². The highest BCUT2D eigenvalue weighted by molar-refractivity contribution is 7.98. The number of para-hydroxylation sites is 1. The fourth-order valence-corrected chi connectivity index (χ4v) is 3.93. The van der Waals surface area contributed by atoms with Crippen LogP contribution in [0.2, 0.25) is 0 Å². The maximum Gasteiger partial charge on any atom is 0.230 e. The number of hydrogen-bond acceptors (Lipinski definition) is 7. The molecule has 24 heavy (non-hydrogen) atoms. The van der Waals surface area contributed by atoms with E-state index in [9.17, 15) is 4.79 Å². The highest BCUT2D eigenvalue weighted by Gasteiger charge is 2.18. The molecule has 0 aliphatic heterocycles. The van der Waals surface area contributed by atoms with Gasteiger partial charge in [-0.2, -0.15) is 0 Å². The van der Waals surface area contributed by atoms with Gasteiger partial charge in [-0.05, 0) is 29.5 Å². The van der Waals surface area contributed by atoms with Crippen LogP contribution in [0, 0.1) is 0 Å². The first-order valence-corrected chi connectivity index (χ1v) is 9.24. The molecular weight excluding hydrogens is 344 g/mol. The zero-order valence-electron chi connectivity index (χ0n) is 13.3. The number of amides is 1.